The summed E-state index contributed by atoms with van der Waals surface area (Å²) in [5, 5.41) is 3.96. The molecule has 26 heavy (non-hydrogen) atoms. The highest BCUT2D eigenvalue weighted by atomic mass is 35.5. The molecule has 1 amide bonds. The molecular weight excluding hydrogens is 380 g/mol. The van der Waals surface area contributed by atoms with E-state index in [1.54, 1.807) is 15.4 Å². The standard InChI is InChI=1S/C16H23ClN4O4S/c1-11(2)5-21-10-16-9-19(15(22)8-20-6-12(17)4-18-20)7-13(25-16)3-14(16)26(21,23)24/h4,6,11,13-14H,3,5,7-10H2,1-2H3/t13-,14+,16+/m1/s1. The number of sulfonamides is 1. The average Bonchev–Trinajstić information content (AvgIpc) is 3.11. The molecule has 3 saturated heterocycles. The third-order valence-corrected chi connectivity index (χ3v) is 7.87. The molecule has 2 bridgehead atoms. The largest absolute Gasteiger partial charge is 0.365 e. The van der Waals surface area contributed by atoms with Gasteiger partial charge in [0.2, 0.25) is 15.9 Å². The SMILES string of the molecule is CC(C)CN1C[C@@]23CN(C(=O)Cn4cc(Cl)cn4)C[C@@H](C[C@@H]2S1(=O)=O)O3. The summed E-state index contributed by atoms with van der Waals surface area (Å²) in [5.74, 6) is 0.138. The first-order valence-corrected chi connectivity index (χ1v) is 10.7. The van der Waals surface area contributed by atoms with Crippen molar-refractivity contribution in [3.63, 3.8) is 0 Å². The molecule has 10 heteroatoms. The fourth-order valence-corrected chi connectivity index (χ4v) is 7.00. The minimum Gasteiger partial charge on any atom is -0.365 e. The Bertz CT molecular complexity index is 826. The average molecular weight is 403 g/mol. The van der Waals surface area contributed by atoms with Crippen molar-refractivity contribution in [2.45, 2.75) is 43.8 Å². The Labute approximate surface area is 158 Å². The van der Waals surface area contributed by atoms with Crippen molar-refractivity contribution in [3.8, 4) is 0 Å². The van der Waals surface area contributed by atoms with Gasteiger partial charge in [0.05, 0.1) is 23.9 Å². The topological polar surface area (TPSA) is 84.7 Å². The van der Waals surface area contributed by atoms with Crippen molar-refractivity contribution in [2.24, 2.45) is 5.92 Å². The lowest BCUT2D eigenvalue weighted by Gasteiger charge is -2.39. The molecule has 3 atom stereocenters. The lowest BCUT2D eigenvalue weighted by atomic mass is 9.99. The van der Waals surface area contributed by atoms with Crippen LogP contribution in [0.2, 0.25) is 5.02 Å². The van der Waals surface area contributed by atoms with Crippen molar-refractivity contribution in [2.75, 3.05) is 26.2 Å². The molecule has 3 fully saturated rings. The predicted octanol–water partition coefficient (Wildman–Crippen LogP) is 0.576. The molecule has 0 aliphatic carbocycles. The number of likely N-dealkylation sites (tertiary alicyclic amines) is 1. The Morgan fingerprint density at radius 2 is 2.23 bits per heavy atom. The number of hydrogen-bond acceptors (Lipinski definition) is 5. The first-order valence-electron chi connectivity index (χ1n) is 8.82. The second kappa shape index (κ2) is 6.19. The molecule has 3 aliphatic heterocycles. The summed E-state index contributed by atoms with van der Waals surface area (Å²) in [4.78, 5) is 14.4. The summed E-state index contributed by atoms with van der Waals surface area (Å²) < 4.78 is 35.0. The van der Waals surface area contributed by atoms with Crippen LogP contribution in [0.4, 0.5) is 0 Å². The summed E-state index contributed by atoms with van der Waals surface area (Å²) in [6, 6.07) is 0. The van der Waals surface area contributed by atoms with E-state index >= 15 is 0 Å². The number of carbonyl (C=O) groups excluding carboxylic acids is 1. The first-order chi connectivity index (χ1) is 12.2. The summed E-state index contributed by atoms with van der Waals surface area (Å²) in [6.45, 7) is 5.61. The maximum absolute atomic E-state index is 12.9. The monoisotopic (exact) mass is 402 g/mol. The molecular formula is C16H23ClN4O4S. The van der Waals surface area contributed by atoms with Crippen LogP contribution in [0.5, 0.6) is 0 Å². The summed E-state index contributed by atoms with van der Waals surface area (Å²) >= 11 is 5.85. The number of nitrogens with zero attached hydrogens (tertiary/aromatic N) is 4. The maximum Gasteiger partial charge on any atom is 0.244 e. The van der Waals surface area contributed by atoms with Crippen LogP contribution in [-0.4, -0.2) is 76.4 Å². The summed E-state index contributed by atoms with van der Waals surface area (Å²) in [5.41, 5.74) is -0.811. The Morgan fingerprint density at radius 1 is 1.46 bits per heavy atom. The molecule has 0 saturated carbocycles. The van der Waals surface area contributed by atoms with Crippen LogP contribution in [0.1, 0.15) is 20.3 Å². The van der Waals surface area contributed by atoms with Crippen LogP contribution in [0.3, 0.4) is 0 Å². The molecule has 0 N–H and O–H groups in total. The number of carbonyl (C=O) groups is 1. The Hall–Kier alpha value is -1.16. The molecule has 0 unspecified atom stereocenters. The van der Waals surface area contributed by atoms with Gasteiger partial charge in [-0.1, -0.05) is 25.4 Å². The van der Waals surface area contributed by atoms with E-state index < -0.39 is 20.9 Å². The van der Waals surface area contributed by atoms with Gasteiger partial charge in [0, 0.05) is 25.8 Å². The number of aromatic nitrogens is 2. The molecule has 0 aromatic carbocycles. The minimum absolute atomic E-state index is 0.0860. The minimum atomic E-state index is -3.39. The highest BCUT2D eigenvalue weighted by Crippen LogP contribution is 2.46. The van der Waals surface area contributed by atoms with Gasteiger partial charge in [0.25, 0.3) is 0 Å². The molecule has 1 aromatic heterocycles. The Morgan fingerprint density at radius 3 is 2.88 bits per heavy atom. The van der Waals surface area contributed by atoms with Crippen LogP contribution in [0, 0.1) is 5.92 Å². The zero-order valence-corrected chi connectivity index (χ0v) is 16.4. The van der Waals surface area contributed by atoms with E-state index in [9.17, 15) is 13.2 Å². The van der Waals surface area contributed by atoms with Crippen LogP contribution in [0.15, 0.2) is 12.4 Å². The second-order valence-electron chi connectivity index (χ2n) is 7.89. The molecule has 0 radical (unpaired) electrons. The highest BCUT2D eigenvalue weighted by Gasteiger charge is 2.65. The lowest BCUT2D eigenvalue weighted by Crippen LogP contribution is -2.57. The molecule has 3 aliphatic rings. The summed E-state index contributed by atoms with van der Waals surface area (Å²) in [7, 11) is -3.39. The van der Waals surface area contributed by atoms with Crippen LogP contribution < -0.4 is 0 Å². The molecule has 8 nitrogen and oxygen atoms in total. The van der Waals surface area contributed by atoms with Crippen LogP contribution in [-0.2, 0) is 26.1 Å². The van der Waals surface area contributed by atoms with Crippen LogP contribution in [0.25, 0.3) is 0 Å². The van der Waals surface area contributed by atoms with E-state index in [1.807, 2.05) is 13.8 Å². The van der Waals surface area contributed by atoms with Gasteiger partial charge in [-0.05, 0) is 12.3 Å². The second-order valence-corrected chi connectivity index (χ2v) is 10.4. The Balaban J connectivity index is 1.53. The number of rotatable bonds is 4. The summed E-state index contributed by atoms with van der Waals surface area (Å²) in [6.07, 6.45) is 3.31. The van der Waals surface area contributed by atoms with Gasteiger partial charge in [0.15, 0.2) is 0 Å². The van der Waals surface area contributed by atoms with Gasteiger partial charge in [-0.25, -0.2) is 8.42 Å². The van der Waals surface area contributed by atoms with Gasteiger partial charge in [-0.15, -0.1) is 0 Å². The molecule has 1 spiro atoms. The molecule has 144 valence electrons. The molecule has 1 aromatic rings. The number of fused-ring (bicyclic) bond motifs is 1. The van der Waals surface area contributed by atoms with E-state index in [0.29, 0.717) is 37.6 Å². The van der Waals surface area contributed by atoms with Gasteiger partial charge in [0.1, 0.15) is 17.4 Å². The number of amides is 1. The molecule has 4 heterocycles. The van der Waals surface area contributed by atoms with Crippen molar-refractivity contribution in [1.82, 2.24) is 19.0 Å². The number of morpholine rings is 1. The number of ether oxygens (including phenoxy) is 1. The van der Waals surface area contributed by atoms with Crippen molar-refractivity contribution >= 4 is 27.5 Å². The zero-order chi connectivity index (χ0) is 18.7. The Kier molecular flexibility index (Phi) is 4.33. The van der Waals surface area contributed by atoms with Gasteiger partial charge in [-0.3, -0.25) is 9.48 Å². The zero-order valence-electron chi connectivity index (χ0n) is 14.8. The predicted molar refractivity (Wildman–Crippen MR) is 95.2 cm³/mol. The lowest BCUT2D eigenvalue weighted by molar-refractivity contribution is -0.151. The van der Waals surface area contributed by atoms with Crippen molar-refractivity contribution in [1.29, 1.82) is 0 Å². The fraction of sp³-hybridized carbons (Fsp3) is 0.750. The van der Waals surface area contributed by atoms with E-state index in [4.69, 9.17) is 16.3 Å². The molecule has 4 rings (SSSR count). The van der Waals surface area contributed by atoms with Crippen LogP contribution >= 0.6 is 11.6 Å². The van der Waals surface area contributed by atoms with Gasteiger partial charge in [-0.2, -0.15) is 9.40 Å². The van der Waals surface area contributed by atoms with Crippen molar-refractivity contribution < 1.29 is 17.9 Å². The van der Waals surface area contributed by atoms with Crippen molar-refractivity contribution in [3.05, 3.63) is 17.4 Å². The third kappa shape index (κ3) is 2.94. The maximum atomic E-state index is 12.9. The smallest absolute Gasteiger partial charge is 0.244 e. The fourth-order valence-electron chi connectivity index (χ4n) is 4.37. The van der Waals surface area contributed by atoms with Gasteiger partial charge < -0.3 is 9.64 Å². The van der Waals surface area contributed by atoms with E-state index in [2.05, 4.69) is 5.10 Å². The quantitative estimate of drug-likeness (QED) is 0.735. The first kappa shape index (κ1) is 18.2. The van der Waals surface area contributed by atoms with E-state index in [1.165, 1.54) is 10.9 Å². The normalized spacial score (nSPS) is 33.0. The third-order valence-electron chi connectivity index (χ3n) is 5.33. The van der Waals surface area contributed by atoms with E-state index in [0.717, 1.165) is 0 Å². The van der Waals surface area contributed by atoms with Gasteiger partial charge >= 0.3 is 0 Å². The number of halogens is 1. The highest BCUT2D eigenvalue weighted by molar-refractivity contribution is 7.90. The van der Waals surface area contributed by atoms with E-state index in [-0.39, 0.29) is 24.5 Å². The number of hydrogen-bond donors (Lipinski definition) is 0.